The Morgan fingerprint density at radius 1 is 0.938 bits per heavy atom. The summed E-state index contributed by atoms with van der Waals surface area (Å²) in [6.07, 6.45) is 0. The lowest BCUT2D eigenvalue weighted by Crippen LogP contribution is -2.19. The highest BCUT2D eigenvalue weighted by Gasteiger charge is 2.00. The average Bonchev–Trinajstić information content (AvgIpc) is 2.33. The van der Waals surface area contributed by atoms with Crippen molar-refractivity contribution in [3.05, 3.63) is 66.0 Å². The summed E-state index contributed by atoms with van der Waals surface area (Å²) in [5, 5.41) is 0. The van der Waals surface area contributed by atoms with E-state index in [0.29, 0.717) is 5.82 Å². The molecule has 82 valence electrons. The summed E-state index contributed by atoms with van der Waals surface area (Å²) in [5.41, 5.74) is 2.68. The molecule has 1 unspecified atom stereocenters. The van der Waals surface area contributed by atoms with Gasteiger partial charge in [-0.15, -0.1) is 5.82 Å². The van der Waals surface area contributed by atoms with Crippen molar-refractivity contribution in [2.75, 3.05) is 0 Å². The van der Waals surface area contributed by atoms with Crippen LogP contribution in [0, 0.1) is 5.82 Å². The van der Waals surface area contributed by atoms with Gasteiger partial charge in [-0.3, -0.25) is 0 Å². The number of rotatable bonds is 3. The van der Waals surface area contributed by atoms with E-state index in [1.165, 1.54) is 11.0 Å². The first-order valence-electron chi connectivity index (χ1n) is 5.86. The van der Waals surface area contributed by atoms with Gasteiger partial charge in [0.05, 0.1) is 0 Å². The van der Waals surface area contributed by atoms with E-state index >= 15 is 0 Å². The molecule has 0 saturated carbocycles. The predicted molar refractivity (Wildman–Crippen MR) is 69.4 cm³/mol. The second-order valence-electron chi connectivity index (χ2n) is 4.65. The van der Waals surface area contributed by atoms with E-state index in [-0.39, 0.29) is 13.1 Å². The Hall–Kier alpha value is -1.57. The minimum absolute atomic E-state index is 0.150. The minimum Gasteiger partial charge on any atom is -0.216 e. The van der Waals surface area contributed by atoms with Crippen molar-refractivity contribution in [2.24, 2.45) is 0 Å². The predicted octanol–water partition coefficient (Wildman–Crippen LogP) is 2.38. The summed E-state index contributed by atoms with van der Waals surface area (Å²) in [4.78, 5) is 0. The third-order valence-corrected chi connectivity index (χ3v) is 3.24. The molecule has 1 atom stereocenters. The molecular weight excluding hydrogens is 198 g/mol. The number of benzene rings is 2. The zero-order valence-electron chi connectivity index (χ0n) is 9.65. The lowest BCUT2D eigenvalue weighted by Gasteiger charge is -2.17. The Labute approximate surface area is 96.4 Å². The minimum atomic E-state index is -0.236. The maximum absolute atomic E-state index is 12.8. The summed E-state index contributed by atoms with van der Waals surface area (Å²) >= 11 is 0. The van der Waals surface area contributed by atoms with Gasteiger partial charge in [0.15, 0.2) is 0 Å². The number of halogens is 1. The highest BCUT2D eigenvalue weighted by Crippen LogP contribution is 2.12. The molecule has 16 heavy (non-hydrogen) atoms. The Morgan fingerprint density at radius 2 is 1.56 bits per heavy atom. The molecule has 0 heterocycles. The molecule has 2 heteroatoms. The van der Waals surface area contributed by atoms with Gasteiger partial charge in [0.1, 0.15) is 5.82 Å². The van der Waals surface area contributed by atoms with Crippen LogP contribution in [-0.2, 0) is 0 Å². The molecule has 0 N–H and O–H groups in total. The van der Waals surface area contributed by atoms with Crippen molar-refractivity contribution in [1.82, 2.24) is 0 Å². The molecule has 0 amide bonds. The Bertz CT molecular complexity index is 436. The fourth-order valence-electron chi connectivity index (χ4n) is 2.23. The number of hydrogen-bond acceptors (Lipinski definition) is 0. The van der Waals surface area contributed by atoms with Crippen molar-refractivity contribution in [1.29, 1.82) is 0 Å². The molecule has 0 radical (unpaired) electrons. The van der Waals surface area contributed by atoms with Crippen LogP contribution in [0.5, 0.6) is 0 Å². The lowest BCUT2D eigenvalue weighted by atomic mass is 9.58. The fourth-order valence-corrected chi connectivity index (χ4v) is 2.23. The van der Waals surface area contributed by atoms with Crippen LogP contribution in [0.3, 0.4) is 0 Å². The molecule has 0 aliphatic heterocycles. The zero-order valence-corrected chi connectivity index (χ0v) is 9.65. The summed E-state index contributed by atoms with van der Waals surface area (Å²) < 4.78 is 12.8. The molecule has 0 spiro atoms. The molecule has 0 aromatic heterocycles. The Kier molecular flexibility index (Phi) is 3.40. The van der Waals surface area contributed by atoms with Crippen LogP contribution < -0.4 is 5.46 Å². The maximum Gasteiger partial charge on any atom is 0.122 e. The summed E-state index contributed by atoms with van der Waals surface area (Å²) in [6.45, 7) is 2.25. The van der Waals surface area contributed by atoms with Gasteiger partial charge in [0.25, 0.3) is 0 Å². The van der Waals surface area contributed by atoms with Crippen LogP contribution in [-0.4, -0.2) is 7.28 Å². The highest BCUT2D eigenvalue weighted by atomic mass is 19.1. The molecule has 0 aliphatic rings. The van der Waals surface area contributed by atoms with Gasteiger partial charge in [0.2, 0.25) is 0 Å². The molecule has 0 aliphatic carbocycles. The van der Waals surface area contributed by atoms with Gasteiger partial charge >= 0.3 is 0 Å². The summed E-state index contributed by atoms with van der Waals surface area (Å²) in [6, 6.07) is 17.4. The van der Waals surface area contributed by atoms with E-state index in [2.05, 4.69) is 31.2 Å². The summed E-state index contributed by atoms with van der Waals surface area (Å²) in [5.74, 6) is 0.439. The fraction of sp³-hybridized carbons (Fsp3) is 0.143. The molecular formula is C14H15BF-. The largest absolute Gasteiger partial charge is 0.216 e. The van der Waals surface area contributed by atoms with Gasteiger partial charge in [-0.25, -0.2) is 9.85 Å². The van der Waals surface area contributed by atoms with Crippen LogP contribution in [0.15, 0.2) is 54.6 Å². The lowest BCUT2D eigenvalue weighted by molar-refractivity contribution is 0.628. The molecule has 0 saturated heterocycles. The van der Waals surface area contributed by atoms with Gasteiger partial charge < -0.3 is 0 Å². The first kappa shape index (κ1) is 10.9. The second kappa shape index (κ2) is 4.97. The monoisotopic (exact) mass is 213 g/mol. The number of hydrogen-bond donors (Lipinski definition) is 0. The first-order chi connectivity index (χ1) is 7.75. The quantitative estimate of drug-likeness (QED) is 0.686. The molecule has 2 rings (SSSR count). The highest BCUT2D eigenvalue weighted by molar-refractivity contribution is 6.54. The summed E-state index contributed by atoms with van der Waals surface area (Å²) in [7, 11) is -0.236. The van der Waals surface area contributed by atoms with Crippen molar-refractivity contribution in [3.63, 3.8) is 0 Å². The standard InChI is InChI=1S/C14H15BF/c1-11(12-5-3-2-4-6-12)15-13-7-9-14(16)10-8-13/h2-11H,15H2,1H3/q-1. The molecule has 2 aromatic carbocycles. The Morgan fingerprint density at radius 3 is 2.19 bits per heavy atom. The van der Waals surface area contributed by atoms with E-state index < -0.39 is 0 Å². The van der Waals surface area contributed by atoms with Crippen molar-refractivity contribution >= 4 is 12.7 Å². The third-order valence-electron chi connectivity index (χ3n) is 3.24. The maximum atomic E-state index is 12.8. The smallest absolute Gasteiger partial charge is 0.122 e. The normalized spacial score (nSPS) is 12.4. The third kappa shape index (κ3) is 2.72. The molecule has 0 bridgehead atoms. The Balaban J connectivity index is 2.08. The molecule has 2 aromatic rings. The zero-order chi connectivity index (χ0) is 11.4. The van der Waals surface area contributed by atoms with Crippen molar-refractivity contribution in [3.8, 4) is 0 Å². The van der Waals surface area contributed by atoms with Crippen LogP contribution in [0.4, 0.5) is 4.39 Å². The van der Waals surface area contributed by atoms with Gasteiger partial charge in [-0.1, -0.05) is 55.0 Å². The van der Waals surface area contributed by atoms with E-state index in [1.807, 2.05) is 18.2 Å². The second-order valence-corrected chi connectivity index (χ2v) is 4.65. The van der Waals surface area contributed by atoms with E-state index in [9.17, 15) is 4.39 Å². The van der Waals surface area contributed by atoms with Crippen molar-refractivity contribution in [2.45, 2.75) is 12.7 Å². The molecule has 0 nitrogen and oxygen atoms in total. The average molecular weight is 213 g/mol. The van der Waals surface area contributed by atoms with Crippen LogP contribution in [0.1, 0.15) is 18.3 Å². The van der Waals surface area contributed by atoms with E-state index in [0.717, 1.165) is 0 Å². The van der Waals surface area contributed by atoms with Gasteiger partial charge in [-0.05, 0) is 12.1 Å². The molecule has 0 fully saturated rings. The SMILES string of the molecule is CC([BH2-]c1ccc(F)cc1)c1ccccc1. The van der Waals surface area contributed by atoms with E-state index in [1.54, 1.807) is 12.1 Å². The van der Waals surface area contributed by atoms with Crippen LogP contribution in [0.25, 0.3) is 0 Å². The first-order valence-corrected chi connectivity index (χ1v) is 5.86. The van der Waals surface area contributed by atoms with Crippen LogP contribution >= 0.6 is 0 Å². The van der Waals surface area contributed by atoms with Crippen molar-refractivity contribution < 1.29 is 4.39 Å². The topological polar surface area (TPSA) is 0 Å². The van der Waals surface area contributed by atoms with Crippen LogP contribution in [0.2, 0.25) is 0 Å². The van der Waals surface area contributed by atoms with Gasteiger partial charge in [-0.2, -0.15) is 0 Å². The van der Waals surface area contributed by atoms with E-state index in [4.69, 9.17) is 0 Å². The van der Waals surface area contributed by atoms with Gasteiger partial charge in [0, 0.05) is 7.28 Å².